The van der Waals surface area contributed by atoms with Crippen molar-refractivity contribution < 1.29 is 56.4 Å². The van der Waals surface area contributed by atoms with E-state index in [0.717, 1.165) is 37.0 Å². The molecule has 4 saturated carbocycles. The molecule has 0 spiro atoms. The van der Waals surface area contributed by atoms with E-state index in [1.807, 2.05) is 0 Å². The van der Waals surface area contributed by atoms with Crippen LogP contribution in [0.4, 0.5) is 0 Å². The van der Waals surface area contributed by atoms with Gasteiger partial charge in [0.25, 0.3) is 0 Å². The minimum Gasteiger partial charge on any atom is -0.372 e. The van der Waals surface area contributed by atoms with Crippen LogP contribution in [0.3, 0.4) is 0 Å². The van der Waals surface area contributed by atoms with Crippen molar-refractivity contribution in [2.24, 2.45) is 17.8 Å². The second kappa shape index (κ2) is 4.26. The van der Waals surface area contributed by atoms with Crippen LogP contribution in [0, 0.1) is 27.9 Å². The minimum absolute atomic E-state index is 0. The molecule has 4 aliphatic rings. The Labute approximate surface area is 132 Å². The van der Waals surface area contributed by atoms with Crippen molar-refractivity contribution in [3.8, 4) is 0 Å². The van der Waals surface area contributed by atoms with E-state index in [0.29, 0.717) is 0 Å². The summed E-state index contributed by atoms with van der Waals surface area (Å²) in [5.41, 5.74) is 3.54. The Hall–Kier alpha value is 0.836. The quantitative estimate of drug-likeness (QED) is 0.368. The smallest absolute Gasteiger partial charge is 0.372 e. The summed E-state index contributed by atoms with van der Waals surface area (Å²) in [6, 6.07) is 0. The largest absolute Gasteiger partial charge is 1.00 e. The van der Waals surface area contributed by atoms with Gasteiger partial charge in [0.15, 0.2) is 0 Å². The van der Waals surface area contributed by atoms with Gasteiger partial charge in [0, 0.05) is 0 Å². The molecule has 5 heteroatoms. The molecule has 0 atom stereocenters. The van der Waals surface area contributed by atoms with Crippen LogP contribution in [0.15, 0.2) is 0 Å². The van der Waals surface area contributed by atoms with Gasteiger partial charge >= 0.3 is 51.4 Å². The van der Waals surface area contributed by atoms with Crippen molar-refractivity contribution in [1.29, 1.82) is 0 Å². The molecule has 4 rings (SSSR count). The van der Waals surface area contributed by atoms with Gasteiger partial charge in [-0.05, 0) is 42.0 Å². The molecule has 0 saturated heterocycles. The zero-order valence-electron chi connectivity index (χ0n) is 9.19. The molecule has 78 valence electrons. The number of hydrogen-bond donors (Lipinski definition) is 0. The molecule has 0 aromatic heterocycles. The molecule has 0 heterocycles. The van der Waals surface area contributed by atoms with Crippen molar-refractivity contribution in [3.05, 3.63) is 15.5 Å². The molecule has 15 heavy (non-hydrogen) atoms. The number of rotatable bonds is 2. The van der Waals surface area contributed by atoms with Crippen LogP contribution in [0.1, 0.15) is 38.5 Å². The summed E-state index contributed by atoms with van der Waals surface area (Å²) in [6.45, 7) is 0. The van der Waals surface area contributed by atoms with E-state index in [4.69, 9.17) is 0 Å². The summed E-state index contributed by atoms with van der Waals surface area (Å²) >= 11 is 0. The fourth-order valence-corrected chi connectivity index (χ4v) is 4.36. The molecule has 4 bridgehead atoms. The molecule has 0 radical (unpaired) electrons. The van der Waals surface area contributed by atoms with Gasteiger partial charge in [-0.3, -0.25) is 10.1 Å². The predicted molar refractivity (Wildman–Crippen MR) is 51.3 cm³/mol. The zero-order chi connectivity index (χ0) is 9.76. The summed E-state index contributed by atoms with van der Waals surface area (Å²) < 4.78 is 0. The molecule has 4 fully saturated rings. The third kappa shape index (κ3) is 2.27. The van der Waals surface area contributed by atoms with Crippen molar-refractivity contribution in [2.45, 2.75) is 44.1 Å². The first-order valence-electron chi connectivity index (χ1n) is 5.52. The van der Waals surface area contributed by atoms with Gasteiger partial charge in [0.2, 0.25) is 0 Å². The summed E-state index contributed by atoms with van der Waals surface area (Å²) in [6.07, 6.45) is 6.89. The van der Waals surface area contributed by atoms with Crippen LogP contribution >= 0.6 is 0 Å². The van der Waals surface area contributed by atoms with Gasteiger partial charge in [0.1, 0.15) is 0 Å². The first-order chi connectivity index (χ1) is 6.65. The summed E-state index contributed by atoms with van der Waals surface area (Å²) in [7, 11) is 0. The van der Waals surface area contributed by atoms with E-state index >= 15 is 0 Å². The number of nitro groups is 1. The summed E-state index contributed by atoms with van der Waals surface area (Å²) in [5, 5.41) is 10.1. The fraction of sp³-hybridized carbons (Fsp3) is 1.00. The van der Waals surface area contributed by atoms with Gasteiger partial charge in [0.05, 0.1) is 0 Å². The summed E-state index contributed by atoms with van der Waals surface area (Å²) in [4.78, 5) is 10.5. The zero-order valence-corrected chi connectivity index (χ0v) is 12.3. The number of nitrogens with zero attached hydrogens (tertiary/aromatic N) is 2. The fourth-order valence-electron chi connectivity index (χ4n) is 4.36. The molecule has 0 aromatic carbocycles. The maximum atomic E-state index is 10.5. The maximum absolute atomic E-state index is 10.5. The molecule has 0 aliphatic heterocycles. The van der Waals surface area contributed by atoms with Crippen molar-refractivity contribution in [1.82, 2.24) is 0 Å². The monoisotopic (exact) mass is 234 g/mol. The van der Waals surface area contributed by atoms with E-state index in [9.17, 15) is 10.1 Å². The van der Waals surface area contributed by atoms with Crippen molar-refractivity contribution in [3.63, 3.8) is 0 Å². The van der Waals surface area contributed by atoms with Crippen LogP contribution < -0.4 is 51.4 Å². The van der Waals surface area contributed by atoms with Crippen LogP contribution in [-0.4, -0.2) is 10.6 Å². The van der Waals surface area contributed by atoms with Crippen LogP contribution in [0.25, 0.3) is 5.43 Å². The average molecular weight is 234 g/mol. The third-order valence-electron chi connectivity index (χ3n) is 4.30. The third-order valence-corrected chi connectivity index (χ3v) is 4.30. The Bertz CT molecular complexity index is 247. The second-order valence-corrected chi connectivity index (χ2v) is 5.48. The van der Waals surface area contributed by atoms with Gasteiger partial charge in [-0.2, -0.15) is 0 Å². The Morgan fingerprint density at radius 1 is 1.07 bits per heavy atom. The molecule has 4 aliphatic carbocycles. The predicted octanol–water partition coefficient (Wildman–Crippen LogP) is -0.475. The van der Waals surface area contributed by atoms with Gasteiger partial charge in [-0.25, -0.2) is 0 Å². The van der Waals surface area contributed by atoms with E-state index in [2.05, 4.69) is 5.43 Å². The van der Waals surface area contributed by atoms with Gasteiger partial charge in [-0.15, -0.1) is 0 Å². The number of hydrogen-bond acceptors (Lipinski definition) is 2. The van der Waals surface area contributed by atoms with Crippen molar-refractivity contribution >= 4 is 0 Å². The standard InChI is InChI=1S/C10H15N2O2.K/c13-12(14)11-10-4-7-1-8(5-10)3-9(2-7)6-10;/h7-9H,1-6H2;/q-1;+1. The van der Waals surface area contributed by atoms with E-state index in [1.165, 1.54) is 19.3 Å². The summed E-state index contributed by atoms with van der Waals surface area (Å²) in [5.74, 6) is 2.22. The topological polar surface area (TPSA) is 57.2 Å². The molecule has 4 nitrogen and oxygen atoms in total. The van der Waals surface area contributed by atoms with Gasteiger partial charge in [-0.1, -0.05) is 24.8 Å². The van der Waals surface area contributed by atoms with Crippen LogP contribution in [0.2, 0.25) is 0 Å². The molecular weight excluding hydrogens is 219 g/mol. The Morgan fingerprint density at radius 3 is 1.80 bits per heavy atom. The minimum atomic E-state index is -0.451. The average Bonchev–Trinajstić information content (AvgIpc) is 1.96. The Morgan fingerprint density at radius 2 is 1.47 bits per heavy atom. The van der Waals surface area contributed by atoms with E-state index in [1.54, 1.807) is 0 Å². The molecule has 0 aromatic rings. The normalized spacial score (nSPS) is 46.0. The van der Waals surface area contributed by atoms with E-state index < -0.39 is 5.03 Å². The molecule has 0 N–H and O–H groups in total. The molecule has 0 unspecified atom stereocenters. The molecule has 0 amide bonds. The van der Waals surface area contributed by atoms with Crippen LogP contribution in [-0.2, 0) is 0 Å². The Balaban J connectivity index is 0.000000853. The van der Waals surface area contributed by atoms with E-state index in [-0.39, 0.29) is 56.9 Å². The Kier molecular flexibility index (Phi) is 3.49. The molecular formula is C10H15KN2O2. The SMILES string of the molecule is O=[N+]([O-])[N-]C12CC3CC(CC(C3)C1)C2.[K+]. The first-order valence-corrected chi connectivity index (χ1v) is 5.52. The van der Waals surface area contributed by atoms with Crippen molar-refractivity contribution in [2.75, 3.05) is 0 Å². The second-order valence-electron chi connectivity index (χ2n) is 5.48. The van der Waals surface area contributed by atoms with Crippen LogP contribution in [0.5, 0.6) is 0 Å². The first kappa shape index (κ1) is 12.3. The van der Waals surface area contributed by atoms with Gasteiger partial charge < -0.3 is 5.43 Å². The maximum Gasteiger partial charge on any atom is 1.00 e.